The average molecular weight is 254 g/mol. The summed E-state index contributed by atoms with van der Waals surface area (Å²) in [6.45, 7) is 9.89. The molecule has 1 saturated heterocycles. The Balaban J connectivity index is 1.83. The van der Waals surface area contributed by atoms with E-state index < -0.39 is 0 Å². The summed E-state index contributed by atoms with van der Waals surface area (Å²) in [5.74, 6) is 0. The van der Waals surface area contributed by atoms with Crippen LogP contribution in [0.5, 0.6) is 0 Å². The standard InChI is InChI=1S/C16H34N2/c1-16(2)17(3)12-8-5-4-6-9-13-18-14-10-7-11-15-18/h16H,4-15H2,1-3H3. The Hall–Kier alpha value is -0.0800. The Labute approximate surface area is 115 Å². The normalized spacial score (nSPS) is 17.8. The first-order chi connectivity index (χ1) is 8.70. The lowest BCUT2D eigenvalue weighted by Crippen LogP contribution is -2.30. The molecule has 0 unspecified atom stereocenters. The molecular formula is C16H34N2. The molecule has 0 aromatic rings. The molecule has 18 heavy (non-hydrogen) atoms. The molecule has 1 rings (SSSR count). The fourth-order valence-electron chi connectivity index (χ4n) is 2.67. The zero-order chi connectivity index (χ0) is 13.2. The van der Waals surface area contributed by atoms with Crippen LogP contribution in [-0.2, 0) is 0 Å². The number of nitrogens with zero attached hydrogens (tertiary/aromatic N) is 2. The summed E-state index contributed by atoms with van der Waals surface area (Å²) in [6.07, 6.45) is 11.4. The highest BCUT2D eigenvalue weighted by atomic mass is 15.1. The molecule has 0 amide bonds. The third kappa shape index (κ3) is 7.38. The predicted octanol–water partition coefficient (Wildman–Crippen LogP) is 3.76. The van der Waals surface area contributed by atoms with Crippen molar-refractivity contribution in [3.05, 3.63) is 0 Å². The van der Waals surface area contributed by atoms with E-state index >= 15 is 0 Å². The van der Waals surface area contributed by atoms with Crippen molar-refractivity contribution in [3.63, 3.8) is 0 Å². The molecule has 108 valence electrons. The van der Waals surface area contributed by atoms with Gasteiger partial charge in [0.15, 0.2) is 0 Å². The fourth-order valence-corrected chi connectivity index (χ4v) is 2.67. The van der Waals surface area contributed by atoms with E-state index in [1.807, 2.05) is 0 Å². The minimum absolute atomic E-state index is 0.698. The van der Waals surface area contributed by atoms with Gasteiger partial charge in [0.05, 0.1) is 0 Å². The fraction of sp³-hybridized carbons (Fsp3) is 1.00. The van der Waals surface area contributed by atoms with Gasteiger partial charge in [0.25, 0.3) is 0 Å². The van der Waals surface area contributed by atoms with Crippen molar-refractivity contribution >= 4 is 0 Å². The van der Waals surface area contributed by atoms with Crippen LogP contribution in [0.3, 0.4) is 0 Å². The van der Waals surface area contributed by atoms with E-state index in [0.717, 1.165) is 0 Å². The maximum absolute atomic E-state index is 2.66. The average Bonchev–Trinajstić information content (AvgIpc) is 2.38. The van der Waals surface area contributed by atoms with E-state index in [-0.39, 0.29) is 0 Å². The molecule has 0 spiro atoms. The Morgan fingerprint density at radius 3 is 2.17 bits per heavy atom. The predicted molar refractivity (Wildman–Crippen MR) is 81.1 cm³/mol. The molecule has 1 aliphatic rings. The molecule has 0 bridgehead atoms. The first-order valence-corrected chi connectivity index (χ1v) is 8.13. The van der Waals surface area contributed by atoms with Gasteiger partial charge in [0, 0.05) is 6.04 Å². The minimum Gasteiger partial charge on any atom is -0.304 e. The molecule has 0 saturated carbocycles. The second-order valence-corrected chi connectivity index (χ2v) is 6.24. The molecule has 1 fully saturated rings. The van der Waals surface area contributed by atoms with Gasteiger partial charge in [0.1, 0.15) is 0 Å². The Morgan fingerprint density at radius 2 is 1.50 bits per heavy atom. The number of hydrogen-bond acceptors (Lipinski definition) is 2. The Morgan fingerprint density at radius 1 is 0.889 bits per heavy atom. The quantitative estimate of drug-likeness (QED) is 0.578. The summed E-state index contributed by atoms with van der Waals surface area (Å²) in [5, 5.41) is 0. The summed E-state index contributed by atoms with van der Waals surface area (Å²) in [4.78, 5) is 5.11. The van der Waals surface area contributed by atoms with Crippen LogP contribution in [0.15, 0.2) is 0 Å². The largest absolute Gasteiger partial charge is 0.304 e. The SMILES string of the molecule is CC(C)N(C)CCCCCCCN1CCCCC1. The number of unbranched alkanes of at least 4 members (excludes halogenated alkanes) is 4. The van der Waals surface area contributed by atoms with Gasteiger partial charge in [0.2, 0.25) is 0 Å². The van der Waals surface area contributed by atoms with E-state index in [1.54, 1.807) is 0 Å². The number of rotatable bonds is 9. The summed E-state index contributed by atoms with van der Waals surface area (Å²) in [7, 11) is 2.24. The summed E-state index contributed by atoms with van der Waals surface area (Å²) in [5.41, 5.74) is 0. The van der Waals surface area contributed by atoms with E-state index in [9.17, 15) is 0 Å². The van der Waals surface area contributed by atoms with Crippen LogP contribution in [-0.4, -0.2) is 49.1 Å². The molecule has 0 N–H and O–H groups in total. The summed E-state index contributed by atoms with van der Waals surface area (Å²) < 4.78 is 0. The van der Waals surface area contributed by atoms with Crippen LogP contribution in [0.1, 0.15) is 65.2 Å². The first-order valence-electron chi connectivity index (χ1n) is 8.13. The van der Waals surface area contributed by atoms with Gasteiger partial charge in [-0.2, -0.15) is 0 Å². The maximum Gasteiger partial charge on any atom is 0.00355 e. The third-order valence-electron chi connectivity index (χ3n) is 4.32. The molecule has 0 aromatic carbocycles. The van der Waals surface area contributed by atoms with Gasteiger partial charge in [-0.3, -0.25) is 0 Å². The van der Waals surface area contributed by atoms with Crippen molar-refractivity contribution in [2.75, 3.05) is 33.2 Å². The van der Waals surface area contributed by atoms with Gasteiger partial charge < -0.3 is 9.80 Å². The molecule has 1 heterocycles. The number of piperidine rings is 1. The van der Waals surface area contributed by atoms with Crippen LogP contribution in [0.2, 0.25) is 0 Å². The van der Waals surface area contributed by atoms with Crippen LogP contribution in [0, 0.1) is 0 Å². The van der Waals surface area contributed by atoms with Gasteiger partial charge in [-0.25, -0.2) is 0 Å². The first kappa shape index (κ1) is 16.0. The zero-order valence-corrected chi connectivity index (χ0v) is 13.0. The smallest absolute Gasteiger partial charge is 0.00355 e. The second kappa shape index (κ2) is 9.80. The van der Waals surface area contributed by atoms with E-state index in [0.29, 0.717) is 6.04 Å². The van der Waals surface area contributed by atoms with Crippen molar-refractivity contribution < 1.29 is 0 Å². The topological polar surface area (TPSA) is 6.48 Å². The summed E-state index contributed by atoms with van der Waals surface area (Å²) in [6, 6.07) is 0.698. The number of hydrogen-bond donors (Lipinski definition) is 0. The van der Waals surface area contributed by atoms with E-state index in [1.165, 1.54) is 77.5 Å². The molecule has 1 aliphatic heterocycles. The monoisotopic (exact) mass is 254 g/mol. The second-order valence-electron chi connectivity index (χ2n) is 6.24. The van der Waals surface area contributed by atoms with Crippen LogP contribution in [0.4, 0.5) is 0 Å². The van der Waals surface area contributed by atoms with Gasteiger partial charge in [-0.05, 0) is 72.8 Å². The van der Waals surface area contributed by atoms with Crippen molar-refractivity contribution in [1.29, 1.82) is 0 Å². The lowest BCUT2D eigenvalue weighted by atomic mass is 10.1. The van der Waals surface area contributed by atoms with Crippen molar-refractivity contribution in [2.45, 2.75) is 71.3 Å². The lowest BCUT2D eigenvalue weighted by molar-refractivity contribution is 0.223. The summed E-state index contributed by atoms with van der Waals surface area (Å²) >= 11 is 0. The molecule has 0 radical (unpaired) electrons. The highest BCUT2D eigenvalue weighted by Gasteiger charge is 2.08. The zero-order valence-electron chi connectivity index (χ0n) is 13.0. The van der Waals surface area contributed by atoms with Crippen LogP contribution < -0.4 is 0 Å². The molecular weight excluding hydrogens is 220 g/mol. The molecule has 2 heteroatoms. The van der Waals surface area contributed by atoms with Crippen molar-refractivity contribution in [3.8, 4) is 0 Å². The molecule has 0 aromatic heterocycles. The lowest BCUT2D eigenvalue weighted by Gasteiger charge is -2.26. The van der Waals surface area contributed by atoms with Crippen molar-refractivity contribution in [2.24, 2.45) is 0 Å². The third-order valence-corrected chi connectivity index (χ3v) is 4.32. The minimum atomic E-state index is 0.698. The van der Waals surface area contributed by atoms with Gasteiger partial charge in [-0.15, -0.1) is 0 Å². The number of likely N-dealkylation sites (tertiary alicyclic amines) is 1. The van der Waals surface area contributed by atoms with Gasteiger partial charge >= 0.3 is 0 Å². The molecule has 2 nitrogen and oxygen atoms in total. The molecule has 0 atom stereocenters. The van der Waals surface area contributed by atoms with Gasteiger partial charge in [-0.1, -0.05) is 25.7 Å². The van der Waals surface area contributed by atoms with Crippen LogP contribution in [0.25, 0.3) is 0 Å². The highest BCUT2D eigenvalue weighted by molar-refractivity contribution is 4.64. The molecule has 0 aliphatic carbocycles. The van der Waals surface area contributed by atoms with E-state index in [4.69, 9.17) is 0 Å². The van der Waals surface area contributed by atoms with E-state index in [2.05, 4.69) is 30.7 Å². The Bertz CT molecular complexity index is 186. The van der Waals surface area contributed by atoms with Crippen LogP contribution >= 0.6 is 0 Å². The van der Waals surface area contributed by atoms with Crippen molar-refractivity contribution in [1.82, 2.24) is 9.80 Å². The highest BCUT2D eigenvalue weighted by Crippen LogP contribution is 2.11. The maximum atomic E-state index is 2.66. The Kier molecular flexibility index (Phi) is 8.70.